The second-order valence-electron chi connectivity index (χ2n) is 13.3. The lowest BCUT2D eigenvalue weighted by Crippen LogP contribution is -2.50. The maximum Gasteiger partial charge on any atom is 0.412 e. The van der Waals surface area contributed by atoms with Gasteiger partial charge in [0.2, 0.25) is 5.95 Å². The lowest BCUT2D eigenvalue weighted by Gasteiger charge is -2.34. The monoisotopic (exact) mass is 651 g/mol. The van der Waals surface area contributed by atoms with E-state index in [2.05, 4.69) is 25.2 Å². The normalized spacial score (nSPS) is 19.8. The highest BCUT2D eigenvalue weighted by atomic mass is 32.1. The first kappa shape index (κ1) is 31.9. The van der Waals surface area contributed by atoms with E-state index in [4.69, 9.17) is 9.47 Å². The average molecular weight is 652 g/mol. The zero-order valence-corrected chi connectivity index (χ0v) is 27.5. The number of hydrogen-bond acceptors (Lipinski definition) is 11. The van der Waals surface area contributed by atoms with E-state index < -0.39 is 28.9 Å². The molecule has 2 atom stereocenters. The van der Waals surface area contributed by atoms with Crippen LogP contribution in [-0.4, -0.2) is 74.5 Å². The van der Waals surface area contributed by atoms with E-state index >= 15 is 8.78 Å². The van der Waals surface area contributed by atoms with Crippen molar-refractivity contribution in [1.82, 2.24) is 19.9 Å². The minimum atomic E-state index is -1.06. The fraction of sp³-hybridized carbons (Fsp3) is 0.469. The number of aromatic nitrogens is 3. The molecule has 1 aromatic carbocycles. The number of ether oxygens (including phenoxy) is 2. The Kier molecular flexibility index (Phi) is 7.87. The second kappa shape index (κ2) is 11.3. The van der Waals surface area contributed by atoms with E-state index in [9.17, 15) is 15.2 Å². The Morgan fingerprint density at radius 2 is 2.00 bits per heavy atom. The van der Waals surface area contributed by atoms with Gasteiger partial charge >= 0.3 is 6.09 Å². The summed E-state index contributed by atoms with van der Waals surface area (Å²) in [5, 5.41) is 24.6. The third kappa shape index (κ3) is 5.41. The summed E-state index contributed by atoms with van der Waals surface area (Å²) in [4.78, 5) is 30.0. The van der Waals surface area contributed by atoms with Crippen LogP contribution in [0.5, 0.6) is 0 Å². The number of nitrogens with one attached hydrogen (secondary N) is 1. The Hall–Kier alpha value is -4.03. The SMILES string of the molecule is CC(C)N(C)C1CN(c2ncc3c4c(c(-c5ncc(F)c6sc(NC(=O)OC(C)(C)C)c(C#N)c56)c(F)c3n2)COC4)CC1(C)O. The van der Waals surface area contributed by atoms with Gasteiger partial charge in [0, 0.05) is 35.1 Å². The van der Waals surface area contributed by atoms with Crippen LogP contribution in [0.15, 0.2) is 12.4 Å². The Bertz CT molecular complexity index is 1930. The molecule has 14 heteroatoms. The first-order valence-electron chi connectivity index (χ1n) is 14.9. The van der Waals surface area contributed by atoms with Crippen LogP contribution >= 0.6 is 11.3 Å². The number of rotatable bonds is 5. The maximum atomic E-state index is 16.9. The molecule has 2 aliphatic heterocycles. The number of nitriles is 1. The van der Waals surface area contributed by atoms with Crippen molar-refractivity contribution in [3.05, 3.63) is 40.7 Å². The van der Waals surface area contributed by atoms with Crippen molar-refractivity contribution in [2.24, 2.45) is 0 Å². The molecule has 1 amide bonds. The van der Waals surface area contributed by atoms with Gasteiger partial charge in [0.15, 0.2) is 11.6 Å². The summed E-state index contributed by atoms with van der Waals surface area (Å²) in [5.74, 6) is -1.19. The molecular weight excluding hydrogens is 616 g/mol. The van der Waals surface area contributed by atoms with Crippen LogP contribution in [0, 0.1) is 23.0 Å². The van der Waals surface area contributed by atoms with Crippen LogP contribution in [0.25, 0.3) is 32.2 Å². The Morgan fingerprint density at radius 1 is 1.28 bits per heavy atom. The molecule has 0 saturated carbocycles. The number of likely N-dealkylation sites (N-methyl/N-ethyl adjacent to an activating group) is 1. The molecule has 0 spiro atoms. The number of amides is 1. The minimum absolute atomic E-state index is 0.0182. The molecule has 5 heterocycles. The molecule has 2 unspecified atom stereocenters. The van der Waals surface area contributed by atoms with Gasteiger partial charge in [-0.1, -0.05) is 0 Å². The first-order valence-corrected chi connectivity index (χ1v) is 15.7. The van der Waals surface area contributed by atoms with Gasteiger partial charge in [-0.2, -0.15) is 5.26 Å². The van der Waals surface area contributed by atoms with Gasteiger partial charge in [0.25, 0.3) is 0 Å². The largest absolute Gasteiger partial charge is 0.444 e. The number of nitrogens with zero attached hydrogens (tertiary/aromatic N) is 6. The number of carbonyl (C=O) groups is 1. The topological polar surface area (TPSA) is 137 Å². The summed E-state index contributed by atoms with van der Waals surface area (Å²) in [5.41, 5.74) is -0.674. The molecule has 1 fully saturated rings. The zero-order valence-electron chi connectivity index (χ0n) is 26.7. The average Bonchev–Trinajstić information content (AvgIpc) is 3.68. The highest BCUT2D eigenvalue weighted by Crippen LogP contribution is 2.46. The maximum absolute atomic E-state index is 16.9. The molecule has 242 valence electrons. The number of aliphatic hydroxyl groups is 1. The molecule has 1 saturated heterocycles. The van der Waals surface area contributed by atoms with Crippen molar-refractivity contribution in [1.29, 1.82) is 5.26 Å². The van der Waals surface area contributed by atoms with Crippen molar-refractivity contribution in [2.75, 3.05) is 30.4 Å². The second-order valence-corrected chi connectivity index (χ2v) is 14.3. The molecule has 6 rings (SSSR count). The van der Waals surface area contributed by atoms with Crippen LogP contribution in [0.1, 0.15) is 58.2 Å². The number of β-amino-alcohol motifs (C(OH)–C–C–N with tert-alkyl or cyclic N) is 1. The Balaban J connectivity index is 1.51. The first-order chi connectivity index (χ1) is 21.6. The van der Waals surface area contributed by atoms with E-state index in [-0.39, 0.29) is 75.2 Å². The number of carbonyl (C=O) groups excluding carboxylic acids is 1. The van der Waals surface area contributed by atoms with E-state index in [1.54, 1.807) is 33.9 Å². The van der Waals surface area contributed by atoms with E-state index in [1.165, 1.54) is 0 Å². The predicted octanol–water partition coefficient (Wildman–Crippen LogP) is 5.71. The van der Waals surface area contributed by atoms with Crippen LogP contribution < -0.4 is 10.2 Å². The minimum Gasteiger partial charge on any atom is -0.444 e. The summed E-state index contributed by atoms with van der Waals surface area (Å²) in [6.45, 7) is 11.9. The summed E-state index contributed by atoms with van der Waals surface area (Å²) in [7, 11) is 1.95. The molecule has 2 aliphatic rings. The number of halogens is 2. The van der Waals surface area contributed by atoms with Gasteiger partial charge in [0.1, 0.15) is 22.2 Å². The van der Waals surface area contributed by atoms with Crippen molar-refractivity contribution in [2.45, 2.75) is 78.0 Å². The lowest BCUT2D eigenvalue weighted by molar-refractivity contribution is -0.000115. The summed E-state index contributed by atoms with van der Waals surface area (Å²) in [6, 6.07) is 2.03. The summed E-state index contributed by atoms with van der Waals surface area (Å²) in [6.07, 6.45) is 1.72. The quantitative estimate of drug-likeness (QED) is 0.276. The van der Waals surface area contributed by atoms with E-state index in [0.717, 1.165) is 17.5 Å². The third-order valence-electron chi connectivity index (χ3n) is 8.53. The van der Waals surface area contributed by atoms with Crippen LogP contribution in [0.2, 0.25) is 0 Å². The zero-order chi connectivity index (χ0) is 33.3. The van der Waals surface area contributed by atoms with Gasteiger partial charge in [-0.3, -0.25) is 15.2 Å². The van der Waals surface area contributed by atoms with Gasteiger partial charge in [-0.15, -0.1) is 11.3 Å². The number of hydrogen-bond donors (Lipinski definition) is 2. The van der Waals surface area contributed by atoms with Crippen molar-refractivity contribution < 1.29 is 28.2 Å². The van der Waals surface area contributed by atoms with Crippen LogP contribution in [0.4, 0.5) is 24.5 Å². The van der Waals surface area contributed by atoms with Crippen molar-refractivity contribution in [3.63, 3.8) is 0 Å². The number of benzene rings is 1. The number of thiophene rings is 1. The van der Waals surface area contributed by atoms with E-state index in [0.29, 0.717) is 23.1 Å². The standard InChI is InChI=1S/C32H35F2N7O4S/c1-15(2)40(7)21-11-41(14-32(21,6)43)29-37-9-17-18-12-44-13-19(18)22(24(34)25(17)38-29)26-23-16(8-35)28(39-30(42)45-31(3,4)5)46-27(23)20(33)10-36-26/h9-10,15,21,43H,11-14H2,1-7H3,(H,39,42). The summed E-state index contributed by atoms with van der Waals surface area (Å²) >= 11 is 0.841. The van der Waals surface area contributed by atoms with Crippen LogP contribution in [0.3, 0.4) is 0 Å². The molecule has 46 heavy (non-hydrogen) atoms. The fourth-order valence-electron chi connectivity index (χ4n) is 6.20. The number of anilines is 2. The molecule has 3 aromatic heterocycles. The predicted molar refractivity (Wildman–Crippen MR) is 171 cm³/mol. The highest BCUT2D eigenvalue weighted by Gasteiger charge is 2.45. The van der Waals surface area contributed by atoms with Gasteiger partial charge < -0.3 is 19.5 Å². The van der Waals surface area contributed by atoms with Crippen LogP contribution in [-0.2, 0) is 22.7 Å². The number of fused-ring (bicyclic) bond motifs is 4. The van der Waals surface area contributed by atoms with Gasteiger partial charge in [-0.25, -0.2) is 23.5 Å². The molecular formula is C32H35F2N7O4S. The molecule has 11 nitrogen and oxygen atoms in total. The Labute approximate surface area is 268 Å². The van der Waals surface area contributed by atoms with Crippen molar-refractivity contribution in [3.8, 4) is 17.3 Å². The smallest absolute Gasteiger partial charge is 0.412 e. The molecule has 2 N–H and O–H groups in total. The molecule has 4 aromatic rings. The van der Waals surface area contributed by atoms with E-state index in [1.807, 2.05) is 31.9 Å². The van der Waals surface area contributed by atoms with Crippen molar-refractivity contribution >= 4 is 49.4 Å². The van der Waals surface area contributed by atoms with Gasteiger partial charge in [0.05, 0.1) is 53.6 Å². The Morgan fingerprint density at radius 3 is 2.67 bits per heavy atom. The molecule has 0 bridgehead atoms. The molecule has 0 aliphatic carbocycles. The summed E-state index contributed by atoms with van der Waals surface area (Å²) < 4.78 is 43.2. The fourth-order valence-corrected chi connectivity index (χ4v) is 7.23. The highest BCUT2D eigenvalue weighted by molar-refractivity contribution is 7.23. The third-order valence-corrected chi connectivity index (χ3v) is 9.64. The molecule has 0 radical (unpaired) electrons. The number of pyridine rings is 1. The van der Waals surface area contributed by atoms with Gasteiger partial charge in [-0.05, 0) is 59.7 Å². The lowest BCUT2D eigenvalue weighted by atomic mass is 9.94.